The highest BCUT2D eigenvalue weighted by molar-refractivity contribution is 5.86. The van der Waals surface area contributed by atoms with E-state index < -0.39 is 18.3 Å². The monoisotopic (exact) mass is 561 g/mol. The number of rotatable bonds is 12. The van der Waals surface area contributed by atoms with Gasteiger partial charge in [-0.25, -0.2) is 0 Å². The Bertz CT molecular complexity index is 1070. The van der Waals surface area contributed by atoms with Gasteiger partial charge < -0.3 is 25.0 Å². The van der Waals surface area contributed by atoms with E-state index in [1.807, 2.05) is 30.3 Å². The first-order chi connectivity index (χ1) is 19.3. The Hall–Kier alpha value is -3.27. The van der Waals surface area contributed by atoms with Gasteiger partial charge in [-0.1, -0.05) is 56.0 Å². The second kappa shape index (κ2) is 14.4. The Balaban J connectivity index is 1.43. The maximum Gasteiger partial charge on any atom is 0.573 e. The van der Waals surface area contributed by atoms with E-state index in [1.165, 1.54) is 49.9 Å². The van der Waals surface area contributed by atoms with Gasteiger partial charge in [-0.15, -0.1) is 13.2 Å². The fourth-order valence-corrected chi connectivity index (χ4v) is 5.44. The third-order valence-corrected chi connectivity index (χ3v) is 7.67. The molecule has 2 aliphatic rings. The highest BCUT2D eigenvalue weighted by Crippen LogP contribution is 2.31. The smallest absolute Gasteiger partial charge is 0.406 e. The van der Waals surface area contributed by atoms with Gasteiger partial charge in [0, 0.05) is 37.7 Å². The fraction of sp³-hybridized carbons (Fsp3) is 0.533. The molecule has 2 atom stereocenters. The summed E-state index contributed by atoms with van der Waals surface area (Å²) >= 11 is 0. The van der Waals surface area contributed by atoms with E-state index in [0.29, 0.717) is 50.9 Å². The molecule has 10 heteroatoms. The van der Waals surface area contributed by atoms with Gasteiger partial charge >= 0.3 is 6.36 Å². The van der Waals surface area contributed by atoms with Crippen molar-refractivity contribution in [1.82, 2.24) is 10.2 Å². The fourth-order valence-electron chi connectivity index (χ4n) is 5.44. The number of halogens is 3. The van der Waals surface area contributed by atoms with Crippen LogP contribution in [0.15, 0.2) is 54.6 Å². The molecule has 2 amide bonds. The number of benzene rings is 2. The number of carbonyl (C=O) groups is 2. The van der Waals surface area contributed by atoms with Gasteiger partial charge in [0.05, 0.1) is 19.3 Å². The second-order valence-corrected chi connectivity index (χ2v) is 10.5. The van der Waals surface area contributed by atoms with Crippen molar-refractivity contribution in [3.63, 3.8) is 0 Å². The summed E-state index contributed by atoms with van der Waals surface area (Å²) in [4.78, 5) is 28.5. The standard InChI is InChI=1S/C30H38F3N3O4/c31-30(32,33)40-26-14-12-25(13-15-26)34-21-27(23-8-2-1-3-9-23)35-29(38)24(11-10-22-6-4-5-7-22)20-28(37)36-16-18-39-19-17-36/h1-3,8-9,12-15,22,24,27,34H,4-7,10-11,16-21H2,(H,35,38)/t24-,27-/m1/s1. The number of hydrogen-bond acceptors (Lipinski definition) is 5. The van der Waals surface area contributed by atoms with Crippen molar-refractivity contribution in [3.8, 4) is 5.75 Å². The van der Waals surface area contributed by atoms with Gasteiger partial charge in [0.25, 0.3) is 0 Å². The predicted molar refractivity (Wildman–Crippen MR) is 146 cm³/mol. The molecule has 0 aromatic heterocycles. The van der Waals surface area contributed by atoms with Gasteiger partial charge in [0.1, 0.15) is 5.75 Å². The number of nitrogens with one attached hydrogen (secondary N) is 2. The summed E-state index contributed by atoms with van der Waals surface area (Å²) in [5, 5.41) is 6.37. The van der Waals surface area contributed by atoms with Crippen LogP contribution in [-0.4, -0.2) is 55.9 Å². The van der Waals surface area contributed by atoms with E-state index in [4.69, 9.17) is 4.74 Å². The molecule has 0 radical (unpaired) electrons. The number of morpholine rings is 1. The molecule has 1 heterocycles. The average Bonchev–Trinajstić information content (AvgIpc) is 3.48. The molecule has 1 aliphatic carbocycles. The molecule has 1 saturated heterocycles. The van der Waals surface area contributed by atoms with Gasteiger partial charge in [-0.05, 0) is 48.6 Å². The Morgan fingerprint density at radius 3 is 2.33 bits per heavy atom. The van der Waals surface area contributed by atoms with Crippen molar-refractivity contribution in [2.24, 2.45) is 11.8 Å². The first-order valence-corrected chi connectivity index (χ1v) is 14.1. The molecule has 2 aromatic rings. The first kappa shape index (κ1) is 29.7. The molecule has 0 spiro atoms. The maximum atomic E-state index is 13.7. The van der Waals surface area contributed by atoms with Crippen LogP contribution in [0.1, 0.15) is 56.6 Å². The van der Waals surface area contributed by atoms with Crippen molar-refractivity contribution in [1.29, 1.82) is 0 Å². The van der Waals surface area contributed by atoms with Gasteiger partial charge in [-0.2, -0.15) is 0 Å². The van der Waals surface area contributed by atoms with Crippen molar-refractivity contribution in [2.45, 2.75) is 57.3 Å². The first-order valence-electron chi connectivity index (χ1n) is 14.1. The largest absolute Gasteiger partial charge is 0.573 e. The minimum absolute atomic E-state index is 0.0228. The summed E-state index contributed by atoms with van der Waals surface area (Å²) in [7, 11) is 0. The topological polar surface area (TPSA) is 79.9 Å². The van der Waals surface area contributed by atoms with E-state index in [9.17, 15) is 22.8 Å². The van der Waals surface area contributed by atoms with Crippen molar-refractivity contribution in [2.75, 3.05) is 38.2 Å². The zero-order valence-corrected chi connectivity index (χ0v) is 22.6. The zero-order chi connectivity index (χ0) is 28.4. The molecular weight excluding hydrogens is 523 g/mol. The second-order valence-electron chi connectivity index (χ2n) is 10.5. The van der Waals surface area contributed by atoms with E-state index in [1.54, 1.807) is 4.90 Å². The molecule has 4 rings (SSSR count). The predicted octanol–water partition coefficient (Wildman–Crippen LogP) is 5.69. The summed E-state index contributed by atoms with van der Waals surface area (Å²) in [5.74, 6) is -0.332. The molecule has 1 aliphatic heterocycles. The zero-order valence-electron chi connectivity index (χ0n) is 22.6. The Morgan fingerprint density at radius 2 is 1.68 bits per heavy atom. The van der Waals surface area contributed by atoms with E-state index in [2.05, 4.69) is 15.4 Å². The number of amides is 2. The number of alkyl halides is 3. The molecule has 40 heavy (non-hydrogen) atoms. The van der Waals surface area contributed by atoms with Crippen LogP contribution in [0.25, 0.3) is 0 Å². The van der Waals surface area contributed by atoms with Crippen molar-refractivity contribution >= 4 is 17.5 Å². The SMILES string of the molecule is O=C(N[C@H](CNc1ccc(OC(F)(F)F)cc1)c1ccccc1)[C@H](CCC1CCCC1)CC(=O)N1CCOCC1. The van der Waals surface area contributed by atoms with Crippen LogP contribution in [0.4, 0.5) is 18.9 Å². The number of hydrogen-bond donors (Lipinski definition) is 2. The number of ether oxygens (including phenoxy) is 2. The van der Waals surface area contributed by atoms with Crippen LogP contribution in [0, 0.1) is 11.8 Å². The Labute approximate surface area is 233 Å². The molecular formula is C30H38F3N3O4. The summed E-state index contributed by atoms with van der Waals surface area (Å²) < 4.78 is 46.8. The summed E-state index contributed by atoms with van der Waals surface area (Å²) in [6.07, 6.45) is 1.78. The molecule has 7 nitrogen and oxygen atoms in total. The number of anilines is 1. The van der Waals surface area contributed by atoms with E-state index in [0.717, 1.165) is 12.0 Å². The molecule has 1 saturated carbocycles. The quantitative estimate of drug-likeness (QED) is 0.348. The van der Waals surface area contributed by atoms with Gasteiger partial charge in [-0.3, -0.25) is 9.59 Å². The summed E-state index contributed by atoms with van der Waals surface area (Å²) in [6.45, 7) is 2.41. The summed E-state index contributed by atoms with van der Waals surface area (Å²) in [5.41, 5.74) is 1.47. The average molecular weight is 562 g/mol. The molecule has 0 unspecified atom stereocenters. The van der Waals surface area contributed by atoms with Crippen molar-refractivity contribution < 1.29 is 32.2 Å². The lowest BCUT2D eigenvalue weighted by Crippen LogP contribution is -2.43. The highest BCUT2D eigenvalue weighted by Gasteiger charge is 2.31. The van der Waals surface area contributed by atoms with E-state index >= 15 is 0 Å². The Kier molecular flexibility index (Phi) is 10.7. The van der Waals surface area contributed by atoms with Crippen LogP contribution in [-0.2, 0) is 14.3 Å². The molecule has 0 bridgehead atoms. The van der Waals surface area contributed by atoms with Crippen molar-refractivity contribution in [3.05, 3.63) is 60.2 Å². The number of nitrogens with zero attached hydrogens (tertiary/aromatic N) is 1. The van der Waals surface area contributed by atoms with Crippen LogP contribution >= 0.6 is 0 Å². The Morgan fingerprint density at radius 1 is 1.00 bits per heavy atom. The van der Waals surface area contributed by atoms with Crippen LogP contribution in [0.3, 0.4) is 0 Å². The van der Waals surface area contributed by atoms with Gasteiger partial charge in [0.2, 0.25) is 11.8 Å². The minimum Gasteiger partial charge on any atom is -0.406 e. The van der Waals surface area contributed by atoms with E-state index in [-0.39, 0.29) is 24.0 Å². The third kappa shape index (κ3) is 9.43. The third-order valence-electron chi connectivity index (χ3n) is 7.67. The molecule has 218 valence electrons. The highest BCUT2D eigenvalue weighted by atomic mass is 19.4. The molecule has 2 N–H and O–H groups in total. The van der Waals surface area contributed by atoms with Gasteiger partial charge in [0.15, 0.2) is 0 Å². The summed E-state index contributed by atoms with van der Waals surface area (Å²) in [6, 6.07) is 14.6. The number of carbonyl (C=O) groups excluding carboxylic acids is 2. The maximum absolute atomic E-state index is 13.7. The normalized spacial score (nSPS) is 17.7. The molecule has 2 fully saturated rings. The van der Waals surface area contributed by atoms with Crippen LogP contribution in [0.5, 0.6) is 5.75 Å². The van der Waals surface area contributed by atoms with Crippen LogP contribution in [0.2, 0.25) is 0 Å². The van der Waals surface area contributed by atoms with Crippen LogP contribution < -0.4 is 15.4 Å². The molecule has 2 aromatic carbocycles. The lowest BCUT2D eigenvalue weighted by Gasteiger charge is -2.29. The lowest BCUT2D eigenvalue weighted by atomic mass is 9.91. The lowest BCUT2D eigenvalue weighted by molar-refractivity contribution is -0.274. The minimum atomic E-state index is -4.75.